The van der Waals surface area contributed by atoms with E-state index in [0.29, 0.717) is 17.9 Å². The highest BCUT2D eigenvalue weighted by Gasteiger charge is 2.19. The first-order valence-corrected chi connectivity index (χ1v) is 6.22. The molecule has 0 aliphatic rings. The van der Waals surface area contributed by atoms with Crippen molar-refractivity contribution in [2.45, 2.75) is 25.3 Å². The number of carboxylic acids is 1. The number of carboxylic acid groups (broad SMARTS) is 1. The van der Waals surface area contributed by atoms with E-state index in [0.717, 1.165) is 12.0 Å². The summed E-state index contributed by atoms with van der Waals surface area (Å²) in [5.41, 5.74) is 1.08. The Labute approximate surface area is 116 Å². The monoisotopic (exact) mass is 285 g/mol. The van der Waals surface area contributed by atoms with Gasteiger partial charge in [0, 0.05) is 5.02 Å². The number of nitrogens with one attached hydrogen (secondary N) is 1. The maximum atomic E-state index is 11.0. The van der Waals surface area contributed by atoms with Crippen molar-refractivity contribution in [2.24, 2.45) is 0 Å². The predicted octanol–water partition coefficient (Wildman–Crippen LogP) is 2.47. The third-order valence-corrected chi connectivity index (χ3v) is 2.90. The number of benzene rings is 1. The van der Waals surface area contributed by atoms with Crippen LogP contribution in [0.4, 0.5) is 4.79 Å². The van der Waals surface area contributed by atoms with E-state index in [4.69, 9.17) is 16.7 Å². The van der Waals surface area contributed by atoms with Crippen LogP contribution in [-0.4, -0.2) is 30.3 Å². The molecule has 1 atom stereocenters. The SMILES string of the molecule is COC(=O)NC(CCCc1ccc(Cl)cc1)C(=O)O. The Morgan fingerprint density at radius 3 is 2.53 bits per heavy atom. The Bertz CT molecular complexity index is 433. The average molecular weight is 286 g/mol. The third-order valence-electron chi connectivity index (χ3n) is 2.65. The van der Waals surface area contributed by atoms with Crippen molar-refractivity contribution in [3.8, 4) is 0 Å². The highest BCUT2D eigenvalue weighted by atomic mass is 35.5. The van der Waals surface area contributed by atoms with Crippen LogP contribution < -0.4 is 5.32 Å². The summed E-state index contributed by atoms with van der Waals surface area (Å²) in [5, 5.41) is 11.9. The highest BCUT2D eigenvalue weighted by Crippen LogP contribution is 2.12. The Kier molecular flexibility index (Phi) is 6.15. The number of methoxy groups -OCH3 is 1. The molecule has 0 fully saturated rings. The van der Waals surface area contributed by atoms with Gasteiger partial charge in [-0.3, -0.25) is 0 Å². The van der Waals surface area contributed by atoms with Crippen molar-refractivity contribution in [1.82, 2.24) is 5.32 Å². The molecule has 0 aliphatic carbocycles. The minimum absolute atomic E-state index is 0.340. The number of aryl methyl sites for hydroxylation is 1. The first kappa shape index (κ1) is 15.3. The average Bonchev–Trinajstić information content (AvgIpc) is 2.39. The lowest BCUT2D eigenvalue weighted by Crippen LogP contribution is -2.40. The van der Waals surface area contributed by atoms with E-state index >= 15 is 0 Å². The van der Waals surface area contributed by atoms with Crippen molar-refractivity contribution < 1.29 is 19.4 Å². The van der Waals surface area contributed by atoms with Crippen LogP contribution >= 0.6 is 11.6 Å². The van der Waals surface area contributed by atoms with Gasteiger partial charge in [-0.25, -0.2) is 9.59 Å². The number of halogens is 1. The highest BCUT2D eigenvalue weighted by molar-refractivity contribution is 6.30. The standard InChI is InChI=1S/C13H16ClNO4/c1-19-13(18)15-11(12(16)17)4-2-3-9-5-7-10(14)8-6-9/h5-8,11H,2-4H2,1H3,(H,15,18)(H,16,17). The second kappa shape index (κ2) is 7.63. The Morgan fingerprint density at radius 1 is 1.37 bits per heavy atom. The summed E-state index contributed by atoms with van der Waals surface area (Å²) in [6.45, 7) is 0. The molecule has 104 valence electrons. The second-order valence-corrected chi connectivity index (χ2v) is 4.48. The maximum absolute atomic E-state index is 11.0. The summed E-state index contributed by atoms with van der Waals surface area (Å²) in [6.07, 6.45) is 0.971. The molecule has 0 saturated heterocycles. The topological polar surface area (TPSA) is 75.6 Å². The fraction of sp³-hybridized carbons (Fsp3) is 0.385. The molecule has 0 spiro atoms. The van der Waals surface area contributed by atoms with E-state index in [2.05, 4.69) is 10.1 Å². The Hall–Kier alpha value is -1.75. The molecular weight excluding hydrogens is 270 g/mol. The summed E-state index contributed by atoms with van der Waals surface area (Å²) in [7, 11) is 1.20. The molecule has 19 heavy (non-hydrogen) atoms. The fourth-order valence-electron chi connectivity index (χ4n) is 1.62. The van der Waals surface area contributed by atoms with Gasteiger partial charge in [-0.2, -0.15) is 0 Å². The molecule has 1 aromatic carbocycles. The van der Waals surface area contributed by atoms with Gasteiger partial charge in [-0.15, -0.1) is 0 Å². The summed E-state index contributed by atoms with van der Waals surface area (Å²) >= 11 is 5.77. The molecule has 1 aromatic rings. The van der Waals surface area contributed by atoms with Gasteiger partial charge in [-0.05, 0) is 37.0 Å². The van der Waals surface area contributed by atoms with Gasteiger partial charge in [0.15, 0.2) is 0 Å². The number of carbonyl (C=O) groups excluding carboxylic acids is 1. The molecule has 0 heterocycles. The largest absolute Gasteiger partial charge is 0.480 e. The van der Waals surface area contributed by atoms with Crippen molar-refractivity contribution >= 4 is 23.7 Å². The van der Waals surface area contributed by atoms with Crippen LogP contribution in [0.2, 0.25) is 5.02 Å². The molecule has 0 aromatic heterocycles. The van der Waals surface area contributed by atoms with Crippen molar-refractivity contribution in [2.75, 3.05) is 7.11 Å². The van der Waals surface area contributed by atoms with Crippen molar-refractivity contribution in [1.29, 1.82) is 0 Å². The number of aliphatic carboxylic acids is 1. The predicted molar refractivity (Wildman–Crippen MR) is 71.4 cm³/mol. The lowest BCUT2D eigenvalue weighted by atomic mass is 10.0. The van der Waals surface area contributed by atoms with Crippen LogP contribution in [0.25, 0.3) is 0 Å². The molecule has 0 radical (unpaired) electrons. The van der Waals surface area contributed by atoms with Gasteiger partial charge in [0.1, 0.15) is 6.04 Å². The maximum Gasteiger partial charge on any atom is 0.407 e. The molecular formula is C13H16ClNO4. The normalized spacial score (nSPS) is 11.7. The number of amides is 1. The van der Waals surface area contributed by atoms with E-state index in [1.165, 1.54) is 7.11 Å². The van der Waals surface area contributed by atoms with Gasteiger partial charge in [0.2, 0.25) is 0 Å². The summed E-state index contributed by atoms with van der Waals surface area (Å²) < 4.78 is 4.38. The van der Waals surface area contributed by atoms with E-state index in [9.17, 15) is 9.59 Å². The number of rotatable bonds is 6. The lowest BCUT2D eigenvalue weighted by Gasteiger charge is -2.13. The third kappa shape index (κ3) is 5.61. The van der Waals surface area contributed by atoms with E-state index in [-0.39, 0.29) is 0 Å². The summed E-state index contributed by atoms with van der Waals surface area (Å²) in [5.74, 6) is -1.07. The number of hydrogen-bond acceptors (Lipinski definition) is 3. The van der Waals surface area contributed by atoms with Gasteiger partial charge in [0.25, 0.3) is 0 Å². The molecule has 0 aliphatic heterocycles. The van der Waals surface area contributed by atoms with Crippen molar-refractivity contribution in [3.05, 3.63) is 34.9 Å². The number of alkyl carbamates (subject to hydrolysis) is 1. The van der Waals surface area contributed by atoms with Gasteiger partial charge in [0.05, 0.1) is 7.11 Å². The Balaban J connectivity index is 2.42. The molecule has 1 rings (SSSR count). The number of hydrogen-bond donors (Lipinski definition) is 2. The minimum Gasteiger partial charge on any atom is -0.480 e. The smallest absolute Gasteiger partial charge is 0.407 e. The number of carbonyl (C=O) groups is 2. The zero-order valence-corrected chi connectivity index (χ0v) is 11.3. The molecule has 0 saturated carbocycles. The van der Waals surface area contributed by atoms with Crippen LogP contribution in [-0.2, 0) is 16.0 Å². The van der Waals surface area contributed by atoms with E-state index in [1.54, 1.807) is 12.1 Å². The van der Waals surface area contributed by atoms with Crippen LogP contribution in [0.1, 0.15) is 18.4 Å². The first-order valence-electron chi connectivity index (χ1n) is 5.84. The van der Waals surface area contributed by atoms with Crippen LogP contribution in [0.5, 0.6) is 0 Å². The molecule has 2 N–H and O–H groups in total. The number of ether oxygens (including phenoxy) is 1. The van der Waals surface area contributed by atoms with E-state index < -0.39 is 18.1 Å². The lowest BCUT2D eigenvalue weighted by molar-refractivity contribution is -0.139. The summed E-state index contributed by atoms with van der Waals surface area (Å²) in [4.78, 5) is 21.9. The molecule has 1 unspecified atom stereocenters. The molecule has 5 nitrogen and oxygen atoms in total. The van der Waals surface area contributed by atoms with Gasteiger partial charge in [-0.1, -0.05) is 23.7 Å². The molecule has 0 bridgehead atoms. The van der Waals surface area contributed by atoms with Crippen LogP contribution in [0, 0.1) is 0 Å². The van der Waals surface area contributed by atoms with Gasteiger partial charge < -0.3 is 15.2 Å². The fourth-order valence-corrected chi connectivity index (χ4v) is 1.75. The minimum atomic E-state index is -1.07. The first-order chi connectivity index (χ1) is 9.02. The van der Waals surface area contributed by atoms with Crippen molar-refractivity contribution in [3.63, 3.8) is 0 Å². The molecule has 6 heteroatoms. The zero-order chi connectivity index (χ0) is 14.3. The zero-order valence-electron chi connectivity index (χ0n) is 10.6. The Morgan fingerprint density at radius 2 is 2.00 bits per heavy atom. The van der Waals surface area contributed by atoms with Crippen LogP contribution in [0.3, 0.4) is 0 Å². The molecule has 1 amide bonds. The second-order valence-electron chi connectivity index (χ2n) is 4.05. The quantitative estimate of drug-likeness (QED) is 0.842. The van der Waals surface area contributed by atoms with Crippen LogP contribution in [0.15, 0.2) is 24.3 Å². The summed E-state index contributed by atoms with van der Waals surface area (Å²) in [6, 6.07) is 6.44. The van der Waals surface area contributed by atoms with Gasteiger partial charge >= 0.3 is 12.1 Å². The van der Waals surface area contributed by atoms with E-state index in [1.807, 2.05) is 12.1 Å².